The van der Waals surface area contributed by atoms with Crippen LogP contribution in [-0.4, -0.2) is 37.7 Å². The van der Waals surface area contributed by atoms with E-state index < -0.39 is 0 Å². The Balaban J connectivity index is 2.14. The summed E-state index contributed by atoms with van der Waals surface area (Å²) in [6, 6.07) is 0.572. The number of piperidine rings is 1. The first-order valence-corrected chi connectivity index (χ1v) is 4.37. The van der Waals surface area contributed by atoms with Crippen LogP contribution in [0, 0.1) is 0 Å². The Morgan fingerprint density at radius 3 is 2.55 bits per heavy atom. The highest BCUT2D eigenvalue weighted by molar-refractivity contribution is 4.73. The molecule has 1 aliphatic heterocycles. The zero-order chi connectivity index (χ0) is 8.10. The van der Waals surface area contributed by atoms with Gasteiger partial charge in [0.2, 0.25) is 0 Å². The lowest BCUT2D eigenvalue weighted by Crippen LogP contribution is -2.41. The molecule has 0 amide bonds. The van der Waals surface area contributed by atoms with Gasteiger partial charge in [0.25, 0.3) is 0 Å². The molecule has 0 aromatic rings. The van der Waals surface area contributed by atoms with Crippen molar-refractivity contribution in [1.29, 1.82) is 0 Å². The van der Waals surface area contributed by atoms with E-state index in [0.29, 0.717) is 6.04 Å². The van der Waals surface area contributed by atoms with Gasteiger partial charge in [-0.05, 0) is 32.5 Å². The Bertz CT molecular complexity index is 100. The van der Waals surface area contributed by atoms with E-state index in [-0.39, 0.29) is 0 Å². The van der Waals surface area contributed by atoms with Crippen LogP contribution in [0.2, 0.25) is 0 Å². The summed E-state index contributed by atoms with van der Waals surface area (Å²) < 4.78 is 0. The molecule has 0 unspecified atom stereocenters. The second-order valence-electron chi connectivity index (χ2n) is 3.03. The molecule has 0 saturated carbocycles. The highest BCUT2D eigenvalue weighted by Crippen LogP contribution is 2.08. The van der Waals surface area contributed by atoms with Crippen LogP contribution in [0.15, 0.2) is 0 Å². The molecule has 11 heavy (non-hydrogen) atoms. The van der Waals surface area contributed by atoms with Crippen molar-refractivity contribution >= 4 is 0 Å². The number of hydrogen-bond donors (Lipinski definition) is 1. The van der Waals surface area contributed by atoms with Crippen molar-refractivity contribution in [2.75, 3.05) is 26.7 Å². The fourth-order valence-electron chi connectivity index (χ4n) is 1.53. The van der Waals surface area contributed by atoms with Gasteiger partial charge in [0.05, 0.1) is 7.11 Å². The molecule has 1 N–H and O–H groups in total. The van der Waals surface area contributed by atoms with E-state index in [4.69, 9.17) is 4.84 Å². The van der Waals surface area contributed by atoms with Crippen molar-refractivity contribution in [3.8, 4) is 0 Å². The first kappa shape index (κ1) is 8.97. The van der Waals surface area contributed by atoms with E-state index >= 15 is 0 Å². The minimum absolute atomic E-state index is 0.572. The fourth-order valence-corrected chi connectivity index (χ4v) is 1.53. The Hall–Kier alpha value is -0.120. The number of nitrogens with one attached hydrogen (secondary N) is 1. The Morgan fingerprint density at radius 2 is 2.09 bits per heavy atom. The predicted octanol–water partition coefficient (Wildman–Crippen LogP) is 0.622. The van der Waals surface area contributed by atoms with Crippen LogP contribution in [0.3, 0.4) is 0 Å². The standard InChI is InChI=1S/C8H18N2O/c1-3-10-6-4-8(5-7-10)9-11-2/h8-9H,3-7H2,1-2H3. The van der Waals surface area contributed by atoms with E-state index in [2.05, 4.69) is 17.3 Å². The number of rotatable bonds is 3. The lowest BCUT2D eigenvalue weighted by Gasteiger charge is -2.30. The molecule has 1 saturated heterocycles. The van der Waals surface area contributed by atoms with E-state index in [9.17, 15) is 0 Å². The van der Waals surface area contributed by atoms with Crippen molar-refractivity contribution < 1.29 is 4.84 Å². The molecule has 0 aliphatic carbocycles. The Labute approximate surface area is 68.7 Å². The lowest BCUT2D eigenvalue weighted by molar-refractivity contribution is 0.0370. The zero-order valence-corrected chi connectivity index (χ0v) is 7.47. The van der Waals surface area contributed by atoms with Crippen LogP contribution in [0.4, 0.5) is 0 Å². The molecule has 0 atom stereocenters. The highest BCUT2D eigenvalue weighted by Gasteiger charge is 2.16. The topological polar surface area (TPSA) is 24.5 Å². The monoisotopic (exact) mass is 158 g/mol. The average molecular weight is 158 g/mol. The Kier molecular flexibility index (Phi) is 3.83. The molecule has 1 fully saturated rings. The van der Waals surface area contributed by atoms with E-state index in [1.807, 2.05) is 0 Å². The maximum atomic E-state index is 4.88. The molecular weight excluding hydrogens is 140 g/mol. The predicted molar refractivity (Wildman–Crippen MR) is 45.3 cm³/mol. The molecular formula is C8H18N2O. The van der Waals surface area contributed by atoms with Crippen molar-refractivity contribution in [3.05, 3.63) is 0 Å². The number of nitrogens with zero attached hydrogens (tertiary/aromatic N) is 1. The molecule has 0 aromatic carbocycles. The molecule has 0 aromatic heterocycles. The lowest BCUT2D eigenvalue weighted by atomic mass is 10.1. The van der Waals surface area contributed by atoms with Crippen molar-refractivity contribution in [2.45, 2.75) is 25.8 Å². The van der Waals surface area contributed by atoms with Crippen LogP contribution in [-0.2, 0) is 4.84 Å². The maximum Gasteiger partial charge on any atom is 0.0572 e. The van der Waals surface area contributed by atoms with Gasteiger partial charge in [-0.3, -0.25) is 0 Å². The molecule has 1 aliphatic rings. The van der Waals surface area contributed by atoms with E-state index in [1.54, 1.807) is 7.11 Å². The van der Waals surface area contributed by atoms with Crippen molar-refractivity contribution in [1.82, 2.24) is 10.4 Å². The van der Waals surface area contributed by atoms with Crippen molar-refractivity contribution in [3.63, 3.8) is 0 Å². The highest BCUT2D eigenvalue weighted by atomic mass is 16.6. The second-order valence-corrected chi connectivity index (χ2v) is 3.03. The van der Waals surface area contributed by atoms with Gasteiger partial charge in [0.15, 0.2) is 0 Å². The fraction of sp³-hybridized carbons (Fsp3) is 1.00. The summed E-state index contributed by atoms with van der Waals surface area (Å²) in [5, 5.41) is 0. The summed E-state index contributed by atoms with van der Waals surface area (Å²) in [4.78, 5) is 7.35. The molecule has 1 heterocycles. The zero-order valence-electron chi connectivity index (χ0n) is 7.47. The van der Waals surface area contributed by atoms with Gasteiger partial charge < -0.3 is 9.74 Å². The van der Waals surface area contributed by atoms with Gasteiger partial charge in [0, 0.05) is 6.04 Å². The molecule has 3 heteroatoms. The third-order valence-corrected chi connectivity index (χ3v) is 2.32. The van der Waals surface area contributed by atoms with Crippen LogP contribution in [0.1, 0.15) is 19.8 Å². The quantitative estimate of drug-likeness (QED) is 0.609. The second kappa shape index (κ2) is 4.70. The van der Waals surface area contributed by atoms with Gasteiger partial charge >= 0.3 is 0 Å². The molecule has 0 bridgehead atoms. The number of hydrogen-bond acceptors (Lipinski definition) is 3. The number of hydroxylamine groups is 1. The van der Waals surface area contributed by atoms with Gasteiger partial charge in [-0.25, -0.2) is 0 Å². The molecule has 0 radical (unpaired) electrons. The largest absolute Gasteiger partial charge is 0.305 e. The summed E-state index contributed by atoms with van der Waals surface area (Å²) >= 11 is 0. The summed E-state index contributed by atoms with van der Waals surface area (Å²) in [7, 11) is 1.69. The van der Waals surface area contributed by atoms with Gasteiger partial charge in [-0.2, -0.15) is 5.48 Å². The van der Waals surface area contributed by atoms with E-state index in [0.717, 1.165) is 0 Å². The minimum Gasteiger partial charge on any atom is -0.305 e. The van der Waals surface area contributed by atoms with E-state index in [1.165, 1.54) is 32.5 Å². The first-order chi connectivity index (χ1) is 5.36. The smallest absolute Gasteiger partial charge is 0.0572 e. The van der Waals surface area contributed by atoms with Crippen LogP contribution in [0.25, 0.3) is 0 Å². The molecule has 3 nitrogen and oxygen atoms in total. The average Bonchev–Trinajstić information content (AvgIpc) is 2.07. The number of likely N-dealkylation sites (tertiary alicyclic amines) is 1. The third-order valence-electron chi connectivity index (χ3n) is 2.32. The summed E-state index contributed by atoms with van der Waals surface area (Å²) in [6.07, 6.45) is 2.42. The van der Waals surface area contributed by atoms with Gasteiger partial charge in [-0.15, -0.1) is 0 Å². The van der Waals surface area contributed by atoms with Crippen LogP contribution >= 0.6 is 0 Å². The summed E-state index contributed by atoms with van der Waals surface area (Å²) in [5.74, 6) is 0. The summed E-state index contributed by atoms with van der Waals surface area (Å²) in [5.41, 5.74) is 3.00. The van der Waals surface area contributed by atoms with Crippen LogP contribution in [0.5, 0.6) is 0 Å². The molecule has 0 spiro atoms. The van der Waals surface area contributed by atoms with Crippen molar-refractivity contribution in [2.24, 2.45) is 0 Å². The molecule has 1 rings (SSSR count). The third kappa shape index (κ3) is 2.77. The first-order valence-electron chi connectivity index (χ1n) is 4.37. The van der Waals surface area contributed by atoms with Gasteiger partial charge in [-0.1, -0.05) is 6.92 Å². The SMILES string of the molecule is CCN1CCC(NOC)CC1. The Morgan fingerprint density at radius 1 is 1.45 bits per heavy atom. The normalized spacial score (nSPS) is 22.4. The minimum atomic E-state index is 0.572. The molecule has 66 valence electrons. The summed E-state index contributed by atoms with van der Waals surface area (Å²) in [6.45, 7) is 5.80. The maximum absolute atomic E-state index is 4.88. The van der Waals surface area contributed by atoms with Gasteiger partial charge in [0.1, 0.15) is 0 Å². The van der Waals surface area contributed by atoms with Crippen LogP contribution < -0.4 is 5.48 Å².